The Morgan fingerprint density at radius 3 is 2.43 bits per heavy atom. The van der Waals surface area contributed by atoms with Gasteiger partial charge in [-0.15, -0.1) is 0 Å². The Labute approximate surface area is 162 Å². The number of esters is 1. The number of carbonyl (C=O) groups excluding carboxylic acids is 1. The molecule has 150 valence electrons. The summed E-state index contributed by atoms with van der Waals surface area (Å²) in [5.74, 6) is -1.48. The molecular formula is C21H24O7. The standard InChI is InChI=1S/C21H24O7/c1-12(22)25-13-9-15(14-7-8-17(23)26-16(14)10-13)20-21(28-27-20,18(2,3)4)19(5,6)11-24-20/h7-10H,11H2,1-6H3. The van der Waals surface area contributed by atoms with Crippen molar-refractivity contribution in [2.45, 2.75) is 52.9 Å². The smallest absolute Gasteiger partial charge is 0.336 e. The Morgan fingerprint density at radius 1 is 1.14 bits per heavy atom. The molecule has 3 heterocycles. The van der Waals surface area contributed by atoms with Gasteiger partial charge in [0.05, 0.1) is 6.61 Å². The predicted octanol–water partition coefficient (Wildman–Crippen LogP) is 3.67. The van der Waals surface area contributed by atoms with Gasteiger partial charge in [0.15, 0.2) is 5.60 Å². The van der Waals surface area contributed by atoms with Crippen LogP contribution in [0.5, 0.6) is 5.75 Å². The van der Waals surface area contributed by atoms with Crippen LogP contribution in [0, 0.1) is 10.8 Å². The summed E-state index contributed by atoms with van der Waals surface area (Å²) in [7, 11) is 0. The van der Waals surface area contributed by atoms with Crippen LogP contribution in [0.15, 0.2) is 33.5 Å². The van der Waals surface area contributed by atoms with Gasteiger partial charge in [0.2, 0.25) is 0 Å². The summed E-state index contributed by atoms with van der Waals surface area (Å²) in [6.07, 6.45) is 0. The number of benzene rings is 1. The zero-order chi connectivity index (χ0) is 20.5. The number of fused-ring (bicyclic) bond motifs is 2. The molecule has 2 aromatic rings. The second-order valence-electron chi connectivity index (χ2n) is 9.12. The van der Waals surface area contributed by atoms with Crippen LogP contribution < -0.4 is 10.4 Å². The average Bonchev–Trinajstić information content (AvgIpc) is 2.67. The zero-order valence-corrected chi connectivity index (χ0v) is 16.9. The van der Waals surface area contributed by atoms with Crippen LogP contribution in [0.3, 0.4) is 0 Å². The summed E-state index contributed by atoms with van der Waals surface area (Å²) in [5.41, 5.74) is -1.17. The summed E-state index contributed by atoms with van der Waals surface area (Å²) in [6.45, 7) is 12.1. The lowest BCUT2D eigenvalue weighted by molar-refractivity contribution is -0.626. The van der Waals surface area contributed by atoms with Gasteiger partial charge in [-0.2, -0.15) is 4.89 Å². The van der Waals surface area contributed by atoms with Gasteiger partial charge in [-0.25, -0.2) is 9.68 Å². The van der Waals surface area contributed by atoms with Crippen LogP contribution in [-0.2, 0) is 25.1 Å². The third kappa shape index (κ3) is 2.27. The van der Waals surface area contributed by atoms with E-state index in [4.69, 9.17) is 23.7 Å². The SMILES string of the molecule is CC(=O)Oc1cc(C23OCC(C)(C)C2(C(C)(C)C)OO3)c2ccc(=O)oc2c1. The number of rotatable bonds is 2. The van der Waals surface area contributed by atoms with Gasteiger partial charge >= 0.3 is 11.6 Å². The molecule has 2 unspecified atom stereocenters. The van der Waals surface area contributed by atoms with Gasteiger partial charge in [0.1, 0.15) is 11.3 Å². The first-order chi connectivity index (χ1) is 12.9. The van der Waals surface area contributed by atoms with Crippen molar-refractivity contribution in [1.29, 1.82) is 0 Å². The minimum absolute atomic E-state index is 0.241. The first-order valence-corrected chi connectivity index (χ1v) is 9.21. The molecule has 7 nitrogen and oxygen atoms in total. The molecule has 0 spiro atoms. The van der Waals surface area contributed by atoms with E-state index in [1.165, 1.54) is 19.1 Å². The normalized spacial score (nSPS) is 28.6. The van der Waals surface area contributed by atoms with Crippen LogP contribution >= 0.6 is 0 Å². The van der Waals surface area contributed by atoms with Crippen LogP contribution in [0.2, 0.25) is 0 Å². The molecular weight excluding hydrogens is 364 g/mol. The fourth-order valence-corrected chi connectivity index (χ4v) is 4.86. The third-order valence-corrected chi connectivity index (χ3v) is 5.72. The highest BCUT2D eigenvalue weighted by Crippen LogP contribution is 2.69. The second kappa shape index (κ2) is 5.65. The molecule has 0 aliphatic carbocycles. The Bertz CT molecular complexity index is 1030. The zero-order valence-electron chi connectivity index (χ0n) is 16.9. The molecule has 2 fully saturated rings. The van der Waals surface area contributed by atoms with Crippen LogP contribution in [0.1, 0.15) is 47.1 Å². The Hall–Kier alpha value is -2.22. The summed E-state index contributed by atoms with van der Waals surface area (Å²) >= 11 is 0. The molecule has 1 aromatic carbocycles. The summed E-state index contributed by atoms with van der Waals surface area (Å²) in [4.78, 5) is 34.9. The molecule has 0 saturated carbocycles. The summed E-state index contributed by atoms with van der Waals surface area (Å²) in [6, 6.07) is 6.20. The van der Waals surface area contributed by atoms with E-state index in [2.05, 4.69) is 34.6 Å². The average molecular weight is 388 g/mol. The van der Waals surface area contributed by atoms with Crippen molar-refractivity contribution in [1.82, 2.24) is 0 Å². The molecule has 2 atom stereocenters. The van der Waals surface area contributed by atoms with Crippen molar-refractivity contribution in [3.05, 3.63) is 40.2 Å². The number of carbonyl (C=O) groups is 1. The highest BCUT2D eigenvalue weighted by molar-refractivity contribution is 5.84. The van der Waals surface area contributed by atoms with Gasteiger partial charge in [-0.1, -0.05) is 34.6 Å². The van der Waals surface area contributed by atoms with E-state index in [0.717, 1.165) is 0 Å². The highest BCUT2D eigenvalue weighted by Gasteiger charge is 2.81. The van der Waals surface area contributed by atoms with Crippen molar-refractivity contribution in [3.63, 3.8) is 0 Å². The first-order valence-electron chi connectivity index (χ1n) is 9.21. The van der Waals surface area contributed by atoms with E-state index in [1.54, 1.807) is 12.1 Å². The van der Waals surface area contributed by atoms with Gasteiger partial charge in [0, 0.05) is 40.8 Å². The fraction of sp³-hybridized carbons (Fsp3) is 0.524. The van der Waals surface area contributed by atoms with Gasteiger partial charge in [-0.05, 0) is 12.1 Å². The Kier molecular flexibility index (Phi) is 3.86. The largest absolute Gasteiger partial charge is 0.427 e. The molecule has 0 radical (unpaired) electrons. The maximum Gasteiger partial charge on any atom is 0.336 e. The lowest BCUT2D eigenvalue weighted by atomic mass is 9.57. The third-order valence-electron chi connectivity index (χ3n) is 5.72. The van der Waals surface area contributed by atoms with Crippen molar-refractivity contribution >= 4 is 16.9 Å². The molecule has 4 rings (SSSR count). The number of hydrogen-bond donors (Lipinski definition) is 0. The lowest BCUT2D eigenvalue weighted by Gasteiger charge is -2.61. The lowest BCUT2D eigenvalue weighted by Crippen LogP contribution is -2.73. The van der Waals surface area contributed by atoms with Gasteiger partial charge < -0.3 is 13.9 Å². The topological polar surface area (TPSA) is 84.2 Å². The van der Waals surface area contributed by atoms with Crippen molar-refractivity contribution in [3.8, 4) is 5.75 Å². The quantitative estimate of drug-likeness (QED) is 0.336. The van der Waals surface area contributed by atoms with E-state index < -0.39 is 23.0 Å². The minimum Gasteiger partial charge on any atom is -0.427 e. The van der Waals surface area contributed by atoms with Gasteiger partial charge in [-0.3, -0.25) is 4.79 Å². The molecule has 0 bridgehead atoms. The van der Waals surface area contributed by atoms with Crippen LogP contribution in [0.4, 0.5) is 0 Å². The molecule has 2 aliphatic heterocycles. The molecule has 2 aliphatic rings. The predicted molar refractivity (Wildman–Crippen MR) is 99.6 cm³/mol. The maximum atomic E-state index is 11.8. The van der Waals surface area contributed by atoms with Crippen molar-refractivity contribution in [2.24, 2.45) is 10.8 Å². The molecule has 28 heavy (non-hydrogen) atoms. The Morgan fingerprint density at radius 2 is 1.86 bits per heavy atom. The number of ether oxygens (including phenoxy) is 2. The summed E-state index contributed by atoms with van der Waals surface area (Å²) < 4.78 is 16.9. The van der Waals surface area contributed by atoms with Crippen molar-refractivity contribution < 1.29 is 28.5 Å². The van der Waals surface area contributed by atoms with Crippen LogP contribution in [0.25, 0.3) is 11.0 Å². The van der Waals surface area contributed by atoms with E-state index in [-0.39, 0.29) is 22.2 Å². The Balaban J connectivity index is 2.03. The molecule has 1 aromatic heterocycles. The molecule has 7 heteroatoms. The maximum absolute atomic E-state index is 11.8. The highest BCUT2D eigenvalue weighted by atomic mass is 17.3. The van der Waals surface area contributed by atoms with E-state index in [0.29, 0.717) is 17.6 Å². The second-order valence-corrected chi connectivity index (χ2v) is 9.12. The fourth-order valence-electron chi connectivity index (χ4n) is 4.86. The number of hydrogen-bond acceptors (Lipinski definition) is 7. The summed E-state index contributed by atoms with van der Waals surface area (Å²) in [5, 5.41) is 0.630. The molecule has 2 saturated heterocycles. The molecule has 0 N–H and O–H groups in total. The van der Waals surface area contributed by atoms with Crippen LogP contribution in [-0.4, -0.2) is 18.2 Å². The first kappa shape index (κ1) is 19.1. The monoisotopic (exact) mass is 388 g/mol. The molecule has 0 amide bonds. The minimum atomic E-state index is -1.23. The van der Waals surface area contributed by atoms with Crippen molar-refractivity contribution in [2.75, 3.05) is 6.61 Å². The van der Waals surface area contributed by atoms with E-state index in [9.17, 15) is 9.59 Å². The van der Waals surface area contributed by atoms with E-state index >= 15 is 0 Å². The van der Waals surface area contributed by atoms with E-state index in [1.807, 2.05) is 0 Å². The van der Waals surface area contributed by atoms with Gasteiger partial charge in [0.25, 0.3) is 5.79 Å².